The lowest BCUT2D eigenvalue weighted by Gasteiger charge is -2.28. The van der Waals surface area contributed by atoms with Crippen LogP contribution in [-0.2, 0) is 10.0 Å². The van der Waals surface area contributed by atoms with Crippen molar-refractivity contribution in [1.29, 1.82) is 0 Å². The quantitative estimate of drug-likeness (QED) is 0.787. The molecule has 0 saturated heterocycles. The molecule has 0 spiro atoms. The first kappa shape index (κ1) is 17.8. The molecule has 1 aromatic carbocycles. The number of hydrogen-bond donors (Lipinski definition) is 2. The molecule has 1 unspecified atom stereocenters. The van der Waals surface area contributed by atoms with Gasteiger partial charge in [0.2, 0.25) is 10.0 Å². The minimum atomic E-state index is -3.92. The van der Waals surface area contributed by atoms with Gasteiger partial charge in [-0.05, 0) is 43.6 Å². The number of rotatable bonds is 7. The Morgan fingerprint density at radius 2 is 2.10 bits per heavy atom. The van der Waals surface area contributed by atoms with Gasteiger partial charge in [-0.2, -0.15) is 11.8 Å². The van der Waals surface area contributed by atoms with E-state index in [1.165, 1.54) is 12.1 Å². The number of carboxylic acid groups (broad SMARTS) is 1. The van der Waals surface area contributed by atoms with Crippen LogP contribution in [0.15, 0.2) is 23.1 Å². The number of hydrogen-bond acceptors (Lipinski definition) is 5. The van der Waals surface area contributed by atoms with Crippen LogP contribution in [0.1, 0.15) is 23.7 Å². The molecule has 3 N–H and O–H groups in total. The van der Waals surface area contributed by atoms with Gasteiger partial charge in [0.25, 0.3) is 0 Å². The van der Waals surface area contributed by atoms with Crippen molar-refractivity contribution in [1.82, 2.24) is 0 Å². The molecule has 8 heteroatoms. The number of primary sulfonamides is 1. The Morgan fingerprint density at radius 1 is 1.48 bits per heavy atom. The SMILES string of the molecule is CSCCC(C)N(C)c1ccc(S(N)(=O)=O)cc1C(=O)O. The molecular weight excluding hydrogens is 312 g/mol. The summed E-state index contributed by atoms with van der Waals surface area (Å²) in [6.45, 7) is 2.00. The second kappa shape index (κ2) is 7.15. The lowest BCUT2D eigenvalue weighted by Crippen LogP contribution is -2.31. The Morgan fingerprint density at radius 3 is 2.57 bits per heavy atom. The predicted octanol–water partition coefficient (Wildman–Crippen LogP) is 1.61. The summed E-state index contributed by atoms with van der Waals surface area (Å²) in [7, 11) is -2.13. The highest BCUT2D eigenvalue weighted by molar-refractivity contribution is 7.98. The van der Waals surface area contributed by atoms with Gasteiger partial charge in [-0.15, -0.1) is 0 Å². The molecule has 1 aromatic rings. The minimum absolute atomic E-state index is 0.0694. The third-order valence-electron chi connectivity index (χ3n) is 3.31. The van der Waals surface area contributed by atoms with Crippen LogP contribution in [0.4, 0.5) is 5.69 Å². The van der Waals surface area contributed by atoms with Crippen molar-refractivity contribution in [2.75, 3.05) is 24.0 Å². The van der Waals surface area contributed by atoms with E-state index in [4.69, 9.17) is 5.14 Å². The Balaban J connectivity index is 3.21. The third-order valence-corrected chi connectivity index (χ3v) is 4.86. The Bertz CT molecular complexity index is 617. The number of carbonyl (C=O) groups is 1. The summed E-state index contributed by atoms with van der Waals surface area (Å²) in [6, 6.07) is 4.05. The zero-order chi connectivity index (χ0) is 16.2. The van der Waals surface area contributed by atoms with Crippen LogP contribution in [0.3, 0.4) is 0 Å². The van der Waals surface area contributed by atoms with Gasteiger partial charge < -0.3 is 10.0 Å². The highest BCUT2D eigenvalue weighted by atomic mass is 32.2. The van der Waals surface area contributed by atoms with Gasteiger partial charge in [0.05, 0.1) is 16.1 Å². The van der Waals surface area contributed by atoms with Gasteiger partial charge in [0, 0.05) is 13.1 Å². The summed E-state index contributed by atoms with van der Waals surface area (Å²) in [5.74, 6) is -0.220. The topological polar surface area (TPSA) is 101 Å². The van der Waals surface area contributed by atoms with Crippen molar-refractivity contribution >= 4 is 33.4 Å². The summed E-state index contributed by atoms with van der Waals surface area (Å²) >= 11 is 1.72. The molecule has 0 aliphatic heterocycles. The van der Waals surface area contributed by atoms with E-state index in [0.717, 1.165) is 18.2 Å². The largest absolute Gasteiger partial charge is 0.478 e. The number of thioether (sulfide) groups is 1. The predicted molar refractivity (Wildman–Crippen MR) is 85.6 cm³/mol. The lowest BCUT2D eigenvalue weighted by atomic mass is 10.1. The van der Waals surface area contributed by atoms with Crippen molar-refractivity contribution in [3.8, 4) is 0 Å². The van der Waals surface area contributed by atoms with Crippen molar-refractivity contribution in [3.63, 3.8) is 0 Å². The summed E-state index contributed by atoms with van der Waals surface area (Å²) < 4.78 is 22.7. The van der Waals surface area contributed by atoms with Gasteiger partial charge in [0.15, 0.2) is 0 Å². The molecule has 0 fully saturated rings. The van der Waals surface area contributed by atoms with E-state index in [9.17, 15) is 18.3 Å². The van der Waals surface area contributed by atoms with Crippen molar-refractivity contribution in [3.05, 3.63) is 23.8 Å². The van der Waals surface area contributed by atoms with Crippen LogP contribution < -0.4 is 10.0 Å². The molecule has 0 aliphatic carbocycles. The molecule has 1 rings (SSSR count). The third kappa shape index (κ3) is 4.62. The fourth-order valence-corrected chi connectivity index (χ4v) is 3.01. The van der Waals surface area contributed by atoms with Gasteiger partial charge in [0.1, 0.15) is 0 Å². The number of nitrogens with two attached hydrogens (primary N) is 1. The molecule has 0 bridgehead atoms. The molecule has 118 valence electrons. The lowest BCUT2D eigenvalue weighted by molar-refractivity contribution is 0.0697. The molecule has 0 saturated carbocycles. The standard InChI is InChI=1S/C13H20N2O4S2/c1-9(6-7-20-3)15(2)12-5-4-10(21(14,18)19)8-11(12)13(16)17/h4-5,8-9H,6-7H2,1-3H3,(H,16,17)(H2,14,18,19). The van der Waals surface area contributed by atoms with Crippen LogP contribution in [-0.4, -0.2) is 44.6 Å². The molecule has 0 aromatic heterocycles. The summed E-state index contributed by atoms with van der Waals surface area (Å²) in [5, 5.41) is 14.3. The summed E-state index contributed by atoms with van der Waals surface area (Å²) in [4.78, 5) is 13.0. The summed E-state index contributed by atoms with van der Waals surface area (Å²) in [6.07, 6.45) is 2.91. The van der Waals surface area contributed by atoms with Gasteiger partial charge in [-0.25, -0.2) is 18.4 Å². The monoisotopic (exact) mass is 332 g/mol. The first-order valence-electron chi connectivity index (χ1n) is 6.30. The zero-order valence-electron chi connectivity index (χ0n) is 12.2. The molecular formula is C13H20N2O4S2. The van der Waals surface area contributed by atoms with E-state index < -0.39 is 16.0 Å². The number of carboxylic acids is 1. The van der Waals surface area contributed by atoms with E-state index >= 15 is 0 Å². The second-order valence-corrected chi connectivity index (χ2v) is 7.32. The molecule has 0 heterocycles. The van der Waals surface area contributed by atoms with Crippen LogP contribution >= 0.6 is 11.8 Å². The molecule has 0 aliphatic rings. The summed E-state index contributed by atoms with van der Waals surface area (Å²) in [5.41, 5.74) is 0.406. The first-order chi connectivity index (χ1) is 9.68. The van der Waals surface area contributed by atoms with E-state index in [0.29, 0.717) is 5.69 Å². The van der Waals surface area contributed by atoms with E-state index in [2.05, 4.69) is 0 Å². The Kier molecular flexibility index (Phi) is 6.06. The Labute approximate surface area is 129 Å². The highest BCUT2D eigenvalue weighted by Crippen LogP contribution is 2.25. The number of sulfonamides is 1. The molecule has 0 radical (unpaired) electrons. The number of aromatic carboxylic acids is 1. The van der Waals surface area contributed by atoms with Crippen molar-refractivity contribution in [2.45, 2.75) is 24.3 Å². The van der Waals surface area contributed by atoms with Crippen LogP contribution in [0, 0.1) is 0 Å². The fourth-order valence-electron chi connectivity index (χ4n) is 1.89. The molecule has 0 amide bonds. The molecule has 6 nitrogen and oxygen atoms in total. The van der Waals surface area contributed by atoms with Crippen LogP contribution in [0.2, 0.25) is 0 Å². The Hall–Kier alpha value is -1.25. The van der Waals surface area contributed by atoms with Gasteiger partial charge >= 0.3 is 5.97 Å². The highest BCUT2D eigenvalue weighted by Gasteiger charge is 2.20. The second-order valence-electron chi connectivity index (χ2n) is 4.77. The minimum Gasteiger partial charge on any atom is -0.478 e. The number of anilines is 1. The number of benzene rings is 1. The maximum absolute atomic E-state index is 11.4. The average molecular weight is 332 g/mol. The fraction of sp³-hybridized carbons (Fsp3) is 0.462. The zero-order valence-corrected chi connectivity index (χ0v) is 13.9. The van der Waals surface area contributed by atoms with Crippen molar-refractivity contribution in [2.24, 2.45) is 5.14 Å². The van der Waals surface area contributed by atoms with Crippen LogP contribution in [0.5, 0.6) is 0 Å². The van der Waals surface area contributed by atoms with Crippen molar-refractivity contribution < 1.29 is 18.3 Å². The van der Waals surface area contributed by atoms with E-state index in [-0.39, 0.29) is 16.5 Å². The maximum Gasteiger partial charge on any atom is 0.337 e. The van der Waals surface area contributed by atoms with Gasteiger partial charge in [-0.3, -0.25) is 0 Å². The average Bonchev–Trinajstić information content (AvgIpc) is 2.42. The van der Waals surface area contributed by atoms with E-state index in [1.807, 2.05) is 18.1 Å². The molecule has 1 atom stereocenters. The van der Waals surface area contributed by atoms with E-state index in [1.54, 1.807) is 18.8 Å². The first-order valence-corrected chi connectivity index (χ1v) is 9.24. The smallest absolute Gasteiger partial charge is 0.337 e. The normalized spacial score (nSPS) is 13.0. The van der Waals surface area contributed by atoms with Gasteiger partial charge in [-0.1, -0.05) is 0 Å². The maximum atomic E-state index is 11.4. The van der Waals surface area contributed by atoms with Crippen LogP contribution in [0.25, 0.3) is 0 Å². The molecule has 21 heavy (non-hydrogen) atoms. The number of nitrogens with zero attached hydrogens (tertiary/aromatic N) is 1.